The predicted octanol–water partition coefficient (Wildman–Crippen LogP) is 2.74. The Morgan fingerprint density at radius 1 is 1.41 bits per heavy atom. The van der Waals surface area contributed by atoms with Crippen LogP contribution in [0.5, 0.6) is 0 Å². The minimum absolute atomic E-state index is 0.00424. The zero-order valence-corrected chi connectivity index (χ0v) is 11.5. The van der Waals surface area contributed by atoms with Crippen molar-refractivity contribution in [1.82, 2.24) is 4.57 Å². The lowest BCUT2D eigenvalue weighted by Gasteiger charge is -2.17. The Bertz CT molecular complexity index is 489. The highest BCUT2D eigenvalue weighted by Crippen LogP contribution is 2.12. The molecular formula is C13H18ClNO2. The molecule has 0 saturated carbocycles. The number of halogens is 1. The van der Waals surface area contributed by atoms with Gasteiger partial charge in [-0.3, -0.25) is 9.59 Å². The molecule has 1 rings (SSSR count). The maximum Gasteiger partial charge on any atom is 0.254 e. The molecule has 0 aromatic carbocycles. The van der Waals surface area contributed by atoms with Crippen LogP contribution >= 0.6 is 11.6 Å². The summed E-state index contributed by atoms with van der Waals surface area (Å²) in [7, 11) is 0. The fourth-order valence-electron chi connectivity index (χ4n) is 2.11. The first-order valence-corrected chi connectivity index (χ1v) is 6.12. The summed E-state index contributed by atoms with van der Waals surface area (Å²) in [6.45, 7) is 7.76. The van der Waals surface area contributed by atoms with Gasteiger partial charge in [-0.1, -0.05) is 0 Å². The van der Waals surface area contributed by atoms with E-state index in [-0.39, 0.29) is 18.0 Å². The number of pyridine rings is 1. The fourth-order valence-corrected chi connectivity index (χ4v) is 2.21. The Kier molecular flexibility index (Phi) is 4.52. The molecule has 1 heterocycles. The van der Waals surface area contributed by atoms with Crippen molar-refractivity contribution in [2.24, 2.45) is 0 Å². The Hall–Kier alpha value is -1.09. The van der Waals surface area contributed by atoms with Gasteiger partial charge in [0.2, 0.25) is 5.24 Å². The largest absolute Gasteiger partial charge is 0.310 e. The van der Waals surface area contributed by atoms with Crippen molar-refractivity contribution >= 4 is 16.8 Å². The molecule has 94 valence electrons. The maximum atomic E-state index is 12.3. The monoisotopic (exact) mass is 255 g/mol. The van der Waals surface area contributed by atoms with Crippen LogP contribution in [-0.4, -0.2) is 9.81 Å². The van der Waals surface area contributed by atoms with E-state index in [4.69, 9.17) is 11.6 Å². The zero-order valence-electron chi connectivity index (χ0n) is 10.7. The van der Waals surface area contributed by atoms with Gasteiger partial charge in [0.1, 0.15) is 0 Å². The van der Waals surface area contributed by atoms with Crippen LogP contribution in [0.3, 0.4) is 0 Å². The first kappa shape index (κ1) is 14.0. The van der Waals surface area contributed by atoms with Crippen molar-refractivity contribution < 1.29 is 4.79 Å². The van der Waals surface area contributed by atoms with Gasteiger partial charge in [-0.15, -0.1) is 0 Å². The van der Waals surface area contributed by atoms with E-state index in [2.05, 4.69) is 0 Å². The van der Waals surface area contributed by atoms with Gasteiger partial charge in [-0.05, 0) is 57.3 Å². The number of hydrogen-bond donors (Lipinski definition) is 0. The summed E-state index contributed by atoms with van der Waals surface area (Å²) in [4.78, 5) is 23.1. The molecular weight excluding hydrogens is 238 g/mol. The van der Waals surface area contributed by atoms with Crippen molar-refractivity contribution in [3.8, 4) is 0 Å². The molecule has 0 aliphatic rings. The highest BCUT2D eigenvalue weighted by atomic mass is 35.5. The lowest BCUT2D eigenvalue weighted by molar-refractivity contribution is -0.111. The summed E-state index contributed by atoms with van der Waals surface area (Å²) in [5.41, 5.74) is 2.57. The Balaban J connectivity index is 3.26. The van der Waals surface area contributed by atoms with Gasteiger partial charge in [0.15, 0.2) is 0 Å². The third kappa shape index (κ3) is 3.19. The first-order valence-electron chi connectivity index (χ1n) is 5.74. The third-order valence-electron chi connectivity index (χ3n) is 2.85. The molecule has 0 spiro atoms. The van der Waals surface area contributed by atoms with E-state index in [9.17, 15) is 9.59 Å². The molecule has 0 N–H and O–H groups in total. The molecule has 0 saturated heterocycles. The molecule has 0 atom stereocenters. The predicted molar refractivity (Wildman–Crippen MR) is 69.7 cm³/mol. The molecule has 0 aliphatic heterocycles. The van der Waals surface area contributed by atoms with Gasteiger partial charge in [-0.25, -0.2) is 0 Å². The number of rotatable bonds is 4. The van der Waals surface area contributed by atoms with E-state index < -0.39 is 5.24 Å². The summed E-state index contributed by atoms with van der Waals surface area (Å²) < 4.78 is 1.75. The van der Waals surface area contributed by atoms with E-state index >= 15 is 0 Å². The molecule has 0 bridgehead atoms. The highest BCUT2D eigenvalue weighted by molar-refractivity contribution is 6.63. The second kappa shape index (κ2) is 5.50. The average molecular weight is 256 g/mol. The van der Waals surface area contributed by atoms with Gasteiger partial charge >= 0.3 is 0 Å². The van der Waals surface area contributed by atoms with Gasteiger partial charge in [0.25, 0.3) is 5.56 Å². The molecule has 0 unspecified atom stereocenters. The quantitative estimate of drug-likeness (QED) is 0.776. The number of hydrogen-bond acceptors (Lipinski definition) is 2. The Morgan fingerprint density at radius 2 is 2.00 bits per heavy atom. The number of aromatic nitrogens is 1. The molecule has 0 amide bonds. The van der Waals surface area contributed by atoms with Crippen molar-refractivity contribution in [3.63, 3.8) is 0 Å². The SMILES string of the molecule is Cc1cc(C)n(C(C)C)c(=O)c1CCC(=O)Cl. The maximum absolute atomic E-state index is 12.3. The van der Waals surface area contributed by atoms with E-state index in [1.54, 1.807) is 4.57 Å². The van der Waals surface area contributed by atoms with E-state index in [1.807, 2.05) is 33.8 Å². The van der Waals surface area contributed by atoms with Crippen LogP contribution in [0, 0.1) is 13.8 Å². The second-order valence-corrected chi connectivity index (χ2v) is 4.99. The molecule has 17 heavy (non-hydrogen) atoms. The Morgan fingerprint density at radius 3 is 2.47 bits per heavy atom. The molecule has 1 aromatic heterocycles. The lowest BCUT2D eigenvalue weighted by atomic mass is 10.0. The normalized spacial score (nSPS) is 10.9. The van der Waals surface area contributed by atoms with E-state index in [0.717, 1.165) is 11.3 Å². The minimum atomic E-state index is -0.402. The first-order chi connectivity index (χ1) is 7.84. The molecule has 0 fully saturated rings. The lowest BCUT2D eigenvalue weighted by Crippen LogP contribution is -2.28. The van der Waals surface area contributed by atoms with Crippen molar-refractivity contribution in [1.29, 1.82) is 0 Å². The number of aryl methyl sites for hydroxylation is 2. The average Bonchev–Trinajstić information content (AvgIpc) is 2.14. The van der Waals surface area contributed by atoms with Crippen LogP contribution in [0.25, 0.3) is 0 Å². The van der Waals surface area contributed by atoms with Crippen molar-refractivity contribution in [2.75, 3.05) is 0 Å². The Labute approximate surface area is 106 Å². The summed E-state index contributed by atoms with van der Waals surface area (Å²) >= 11 is 5.32. The van der Waals surface area contributed by atoms with Crippen LogP contribution in [0.2, 0.25) is 0 Å². The zero-order chi connectivity index (χ0) is 13.2. The van der Waals surface area contributed by atoms with Crippen LogP contribution in [-0.2, 0) is 11.2 Å². The summed E-state index contributed by atoms with van der Waals surface area (Å²) in [5, 5.41) is -0.402. The molecule has 3 nitrogen and oxygen atoms in total. The minimum Gasteiger partial charge on any atom is -0.310 e. The standard InChI is InChI=1S/C13H18ClNO2/c1-8(2)15-10(4)7-9(3)11(13(15)17)5-6-12(14)16/h7-8H,5-6H2,1-4H3. The van der Waals surface area contributed by atoms with Crippen molar-refractivity contribution in [2.45, 2.75) is 46.6 Å². The van der Waals surface area contributed by atoms with Crippen LogP contribution in [0.15, 0.2) is 10.9 Å². The molecule has 4 heteroatoms. The van der Waals surface area contributed by atoms with Gasteiger partial charge < -0.3 is 4.57 Å². The van der Waals surface area contributed by atoms with Gasteiger partial charge in [0, 0.05) is 23.7 Å². The summed E-state index contributed by atoms with van der Waals surface area (Å²) in [5.74, 6) is 0. The van der Waals surface area contributed by atoms with E-state index in [0.29, 0.717) is 12.0 Å². The topological polar surface area (TPSA) is 39.1 Å². The number of carbonyl (C=O) groups is 1. The van der Waals surface area contributed by atoms with Crippen LogP contribution in [0.4, 0.5) is 0 Å². The van der Waals surface area contributed by atoms with E-state index in [1.165, 1.54) is 0 Å². The van der Waals surface area contributed by atoms with Crippen LogP contribution < -0.4 is 5.56 Å². The molecule has 0 radical (unpaired) electrons. The fraction of sp³-hybridized carbons (Fsp3) is 0.538. The van der Waals surface area contributed by atoms with Gasteiger partial charge in [-0.2, -0.15) is 0 Å². The molecule has 1 aromatic rings. The number of nitrogens with zero attached hydrogens (tertiary/aromatic N) is 1. The third-order valence-corrected chi connectivity index (χ3v) is 3.04. The van der Waals surface area contributed by atoms with Crippen molar-refractivity contribution in [3.05, 3.63) is 33.2 Å². The molecule has 0 aliphatic carbocycles. The smallest absolute Gasteiger partial charge is 0.254 e. The highest BCUT2D eigenvalue weighted by Gasteiger charge is 2.13. The second-order valence-electron chi connectivity index (χ2n) is 4.57. The summed E-state index contributed by atoms with van der Waals surface area (Å²) in [6.07, 6.45) is 0.624. The summed E-state index contributed by atoms with van der Waals surface area (Å²) in [6, 6.07) is 2.10. The van der Waals surface area contributed by atoms with Crippen LogP contribution in [0.1, 0.15) is 43.1 Å². The van der Waals surface area contributed by atoms with Gasteiger partial charge in [0.05, 0.1) is 0 Å². The number of carbonyl (C=O) groups excluding carboxylic acids is 1.